The van der Waals surface area contributed by atoms with Crippen LogP contribution in [0.1, 0.15) is 21.5 Å². The minimum Gasteiger partial charge on any atom is -0.322 e. The van der Waals surface area contributed by atoms with Crippen molar-refractivity contribution in [2.45, 2.75) is 18.0 Å². The van der Waals surface area contributed by atoms with Crippen molar-refractivity contribution < 1.29 is 26.4 Å². The molecule has 0 saturated carbocycles. The Kier molecular flexibility index (Phi) is 6.28. The van der Waals surface area contributed by atoms with Crippen LogP contribution >= 0.6 is 11.6 Å². The van der Waals surface area contributed by atoms with E-state index in [2.05, 4.69) is 10.0 Å². The number of amides is 1. The molecule has 31 heavy (non-hydrogen) atoms. The molecule has 0 fully saturated rings. The van der Waals surface area contributed by atoms with Crippen molar-refractivity contribution in [3.8, 4) is 0 Å². The summed E-state index contributed by atoms with van der Waals surface area (Å²) in [6, 6.07) is 14.1. The van der Waals surface area contributed by atoms with Gasteiger partial charge in [-0.3, -0.25) is 9.52 Å². The third kappa shape index (κ3) is 5.56. The molecule has 3 rings (SSSR count). The zero-order valence-corrected chi connectivity index (χ0v) is 17.6. The predicted molar refractivity (Wildman–Crippen MR) is 113 cm³/mol. The first-order valence-corrected chi connectivity index (χ1v) is 10.7. The van der Waals surface area contributed by atoms with Crippen LogP contribution in [-0.2, 0) is 16.2 Å². The molecule has 3 aromatic rings. The van der Waals surface area contributed by atoms with Crippen LogP contribution in [-0.4, -0.2) is 14.3 Å². The average Bonchev–Trinajstić information content (AvgIpc) is 2.69. The summed E-state index contributed by atoms with van der Waals surface area (Å²) in [4.78, 5) is 12.2. The zero-order chi connectivity index (χ0) is 22.8. The molecule has 10 heteroatoms. The van der Waals surface area contributed by atoms with Gasteiger partial charge in [-0.25, -0.2) is 8.42 Å². The first kappa shape index (κ1) is 22.6. The highest BCUT2D eigenvalue weighted by Gasteiger charge is 2.30. The molecule has 0 unspecified atom stereocenters. The van der Waals surface area contributed by atoms with Crippen LogP contribution in [0.2, 0.25) is 5.02 Å². The molecule has 0 heterocycles. The molecule has 0 spiro atoms. The van der Waals surface area contributed by atoms with E-state index in [0.717, 1.165) is 12.1 Å². The molecule has 5 nitrogen and oxygen atoms in total. The van der Waals surface area contributed by atoms with E-state index in [1.807, 2.05) is 0 Å². The van der Waals surface area contributed by atoms with Gasteiger partial charge in [0.2, 0.25) is 0 Å². The SMILES string of the molecule is Cc1cc(S(=O)(=O)Nc2cccc(C(F)(F)F)c2)ccc1NC(=O)c1ccc(Cl)cc1. The van der Waals surface area contributed by atoms with E-state index in [0.29, 0.717) is 27.9 Å². The van der Waals surface area contributed by atoms with Crippen molar-refractivity contribution in [1.82, 2.24) is 0 Å². The Bertz CT molecular complexity index is 1230. The third-order valence-electron chi connectivity index (χ3n) is 4.30. The van der Waals surface area contributed by atoms with Gasteiger partial charge in [-0.15, -0.1) is 0 Å². The van der Waals surface area contributed by atoms with Gasteiger partial charge in [-0.05, 0) is 73.2 Å². The van der Waals surface area contributed by atoms with Gasteiger partial charge < -0.3 is 5.32 Å². The minimum atomic E-state index is -4.60. The monoisotopic (exact) mass is 468 g/mol. The largest absolute Gasteiger partial charge is 0.416 e. The molecule has 0 aliphatic heterocycles. The number of anilines is 2. The predicted octanol–water partition coefficient (Wildman–Crippen LogP) is 5.72. The number of aryl methyl sites for hydroxylation is 1. The van der Waals surface area contributed by atoms with Crippen LogP contribution in [0.5, 0.6) is 0 Å². The first-order chi connectivity index (χ1) is 14.5. The average molecular weight is 469 g/mol. The van der Waals surface area contributed by atoms with Crippen molar-refractivity contribution in [3.63, 3.8) is 0 Å². The van der Waals surface area contributed by atoms with Gasteiger partial charge in [0.25, 0.3) is 15.9 Å². The number of hydrogen-bond acceptors (Lipinski definition) is 3. The normalized spacial score (nSPS) is 11.8. The van der Waals surface area contributed by atoms with E-state index in [1.54, 1.807) is 31.2 Å². The van der Waals surface area contributed by atoms with E-state index in [-0.39, 0.29) is 10.6 Å². The summed E-state index contributed by atoms with van der Waals surface area (Å²) in [5.41, 5.74) is 0.0237. The van der Waals surface area contributed by atoms with Gasteiger partial charge in [0.15, 0.2) is 0 Å². The smallest absolute Gasteiger partial charge is 0.322 e. The van der Waals surface area contributed by atoms with Gasteiger partial charge in [0.1, 0.15) is 0 Å². The van der Waals surface area contributed by atoms with Crippen LogP contribution in [0.3, 0.4) is 0 Å². The number of alkyl halides is 3. The number of benzene rings is 3. The lowest BCUT2D eigenvalue weighted by molar-refractivity contribution is -0.137. The van der Waals surface area contributed by atoms with Gasteiger partial charge in [0, 0.05) is 22.0 Å². The molecule has 1 amide bonds. The molecule has 0 saturated heterocycles. The number of halogens is 4. The van der Waals surface area contributed by atoms with Gasteiger partial charge >= 0.3 is 6.18 Å². The number of nitrogens with one attached hydrogen (secondary N) is 2. The fraction of sp³-hybridized carbons (Fsp3) is 0.0952. The highest BCUT2D eigenvalue weighted by atomic mass is 35.5. The Morgan fingerprint density at radius 2 is 1.65 bits per heavy atom. The molecule has 0 radical (unpaired) electrons. The van der Waals surface area contributed by atoms with E-state index in [4.69, 9.17) is 11.6 Å². The fourth-order valence-corrected chi connectivity index (χ4v) is 3.97. The highest BCUT2D eigenvalue weighted by Crippen LogP contribution is 2.31. The number of carbonyl (C=O) groups excluding carboxylic acids is 1. The molecule has 0 atom stereocenters. The maximum absolute atomic E-state index is 12.8. The second kappa shape index (κ2) is 8.60. The Labute approximate surface area is 181 Å². The molecular weight excluding hydrogens is 453 g/mol. The molecule has 0 bridgehead atoms. The van der Waals surface area contributed by atoms with Crippen LogP contribution in [0.15, 0.2) is 71.6 Å². The number of hydrogen-bond donors (Lipinski definition) is 2. The summed E-state index contributed by atoms with van der Waals surface area (Å²) < 4.78 is 65.9. The van der Waals surface area contributed by atoms with Gasteiger partial charge in [0.05, 0.1) is 10.5 Å². The van der Waals surface area contributed by atoms with E-state index in [9.17, 15) is 26.4 Å². The summed E-state index contributed by atoms with van der Waals surface area (Å²) in [7, 11) is -4.14. The van der Waals surface area contributed by atoms with Crippen molar-refractivity contribution in [1.29, 1.82) is 0 Å². The minimum absolute atomic E-state index is 0.160. The lowest BCUT2D eigenvalue weighted by atomic mass is 10.1. The van der Waals surface area contributed by atoms with Crippen molar-refractivity contribution in [2.75, 3.05) is 10.0 Å². The summed E-state index contributed by atoms with van der Waals surface area (Å²) in [6.07, 6.45) is -4.60. The molecular formula is C21H16ClF3N2O3S. The van der Waals surface area contributed by atoms with Crippen LogP contribution in [0, 0.1) is 6.92 Å². The van der Waals surface area contributed by atoms with Crippen molar-refractivity contribution in [2.24, 2.45) is 0 Å². The standard InChI is InChI=1S/C21H16ClF3N2O3S/c1-13-11-18(9-10-19(13)26-20(28)14-5-7-16(22)8-6-14)31(29,30)27-17-4-2-3-15(12-17)21(23,24)25/h2-12,27H,1H3,(H,26,28). The van der Waals surface area contributed by atoms with Gasteiger partial charge in [-0.2, -0.15) is 13.2 Å². The fourth-order valence-electron chi connectivity index (χ4n) is 2.71. The quantitative estimate of drug-likeness (QED) is 0.503. The van der Waals surface area contributed by atoms with Crippen LogP contribution in [0.25, 0.3) is 0 Å². The maximum atomic E-state index is 12.8. The molecule has 0 aromatic heterocycles. The van der Waals surface area contributed by atoms with E-state index >= 15 is 0 Å². The summed E-state index contributed by atoms with van der Waals surface area (Å²) in [5, 5.41) is 3.16. The van der Waals surface area contributed by atoms with Crippen LogP contribution < -0.4 is 10.0 Å². The number of rotatable bonds is 5. The lowest BCUT2D eigenvalue weighted by Gasteiger charge is -2.13. The molecule has 0 aliphatic rings. The zero-order valence-electron chi connectivity index (χ0n) is 16.0. The third-order valence-corrected chi connectivity index (χ3v) is 5.94. The number of carbonyl (C=O) groups is 1. The van der Waals surface area contributed by atoms with Crippen molar-refractivity contribution in [3.05, 3.63) is 88.4 Å². The second-order valence-electron chi connectivity index (χ2n) is 6.62. The summed E-state index contributed by atoms with van der Waals surface area (Å²) in [5.74, 6) is -0.405. The molecule has 0 aliphatic carbocycles. The Hall–Kier alpha value is -3.04. The highest BCUT2D eigenvalue weighted by molar-refractivity contribution is 7.92. The first-order valence-electron chi connectivity index (χ1n) is 8.83. The van der Waals surface area contributed by atoms with E-state index < -0.39 is 27.7 Å². The van der Waals surface area contributed by atoms with Crippen molar-refractivity contribution >= 4 is 38.9 Å². The Morgan fingerprint density at radius 1 is 0.968 bits per heavy atom. The topological polar surface area (TPSA) is 75.3 Å². The molecule has 2 N–H and O–H groups in total. The van der Waals surface area contributed by atoms with E-state index in [1.165, 1.54) is 24.3 Å². The molecule has 3 aromatic carbocycles. The number of sulfonamides is 1. The Balaban J connectivity index is 1.80. The Morgan fingerprint density at radius 3 is 2.26 bits per heavy atom. The summed E-state index contributed by atoms with van der Waals surface area (Å²) in [6.45, 7) is 1.60. The molecule has 162 valence electrons. The summed E-state index contributed by atoms with van der Waals surface area (Å²) >= 11 is 5.80. The second-order valence-corrected chi connectivity index (χ2v) is 8.74. The van der Waals surface area contributed by atoms with Gasteiger partial charge in [-0.1, -0.05) is 17.7 Å². The maximum Gasteiger partial charge on any atom is 0.416 e. The van der Waals surface area contributed by atoms with Crippen LogP contribution in [0.4, 0.5) is 24.5 Å². The lowest BCUT2D eigenvalue weighted by Crippen LogP contribution is -2.15.